The van der Waals surface area contributed by atoms with Gasteiger partial charge in [0.1, 0.15) is 5.60 Å². The fraction of sp³-hybridized carbons (Fsp3) is 0.600. The van der Waals surface area contributed by atoms with Crippen LogP contribution in [0.15, 0.2) is 12.1 Å². The Morgan fingerprint density at radius 2 is 1.89 bits per heavy atom. The normalized spacial score (nSPS) is 18.2. The van der Waals surface area contributed by atoms with Gasteiger partial charge in [0.15, 0.2) is 0 Å². The molecule has 0 atom stereocenters. The fourth-order valence-corrected chi connectivity index (χ4v) is 3.67. The smallest absolute Gasteiger partial charge is 0.416 e. The Labute approximate surface area is 162 Å². The standard InChI is InChI=1S/C20H25F3N2O3/c1-18(2,3)28-17(27)25(19(4)6-5-7-19)11-12-8-13-14(10-24-16(13)26)15(9-12)20(21,22)23/h8-9H,5-7,10-11H2,1-4H3,(H,24,26). The molecular formula is C20H25F3N2O3. The van der Waals surface area contributed by atoms with Gasteiger partial charge in [-0.15, -0.1) is 0 Å². The Morgan fingerprint density at radius 3 is 2.39 bits per heavy atom. The molecule has 1 aliphatic carbocycles. The number of carbonyl (C=O) groups is 2. The van der Waals surface area contributed by atoms with Crippen LogP contribution in [-0.4, -0.2) is 28.0 Å². The molecule has 1 aliphatic heterocycles. The highest BCUT2D eigenvalue weighted by Crippen LogP contribution is 2.40. The van der Waals surface area contributed by atoms with Crippen LogP contribution in [0.2, 0.25) is 0 Å². The molecule has 1 saturated carbocycles. The Bertz CT molecular complexity index is 808. The van der Waals surface area contributed by atoms with Gasteiger partial charge in [0, 0.05) is 24.2 Å². The van der Waals surface area contributed by atoms with E-state index < -0.39 is 34.9 Å². The van der Waals surface area contributed by atoms with Crippen molar-refractivity contribution in [3.63, 3.8) is 0 Å². The van der Waals surface area contributed by atoms with Crippen LogP contribution < -0.4 is 5.32 Å². The van der Waals surface area contributed by atoms with Gasteiger partial charge in [-0.3, -0.25) is 9.69 Å². The zero-order chi connectivity index (χ0) is 20.9. The number of benzene rings is 1. The third-order valence-electron chi connectivity index (χ3n) is 5.32. The Balaban J connectivity index is 1.98. The molecular weight excluding hydrogens is 373 g/mol. The van der Waals surface area contributed by atoms with Crippen molar-refractivity contribution in [2.45, 2.75) is 77.4 Å². The van der Waals surface area contributed by atoms with Crippen LogP contribution in [0.4, 0.5) is 18.0 Å². The van der Waals surface area contributed by atoms with Gasteiger partial charge in [0.05, 0.1) is 5.56 Å². The molecule has 0 saturated heterocycles. The predicted molar refractivity (Wildman–Crippen MR) is 96.6 cm³/mol. The highest BCUT2D eigenvalue weighted by atomic mass is 19.4. The molecule has 1 fully saturated rings. The van der Waals surface area contributed by atoms with E-state index in [2.05, 4.69) is 5.32 Å². The second-order valence-corrected chi connectivity index (χ2v) is 8.77. The molecule has 8 heteroatoms. The summed E-state index contributed by atoms with van der Waals surface area (Å²) < 4.78 is 46.1. The molecule has 1 N–H and O–H groups in total. The van der Waals surface area contributed by atoms with Gasteiger partial charge in [-0.1, -0.05) is 0 Å². The number of hydrogen-bond acceptors (Lipinski definition) is 3. The van der Waals surface area contributed by atoms with Crippen molar-refractivity contribution in [3.8, 4) is 0 Å². The highest BCUT2D eigenvalue weighted by Gasteiger charge is 2.43. The van der Waals surface area contributed by atoms with Crippen molar-refractivity contribution in [2.24, 2.45) is 0 Å². The summed E-state index contributed by atoms with van der Waals surface area (Å²) in [7, 11) is 0. The van der Waals surface area contributed by atoms with E-state index in [-0.39, 0.29) is 29.8 Å². The number of ether oxygens (including phenoxy) is 1. The highest BCUT2D eigenvalue weighted by molar-refractivity contribution is 5.99. The lowest BCUT2D eigenvalue weighted by Crippen LogP contribution is -2.54. The molecule has 3 rings (SSSR count). The molecule has 1 heterocycles. The molecule has 28 heavy (non-hydrogen) atoms. The zero-order valence-corrected chi connectivity index (χ0v) is 16.5. The molecule has 0 aromatic heterocycles. The number of hydrogen-bond donors (Lipinski definition) is 1. The second-order valence-electron chi connectivity index (χ2n) is 8.77. The van der Waals surface area contributed by atoms with E-state index in [1.807, 2.05) is 6.92 Å². The quantitative estimate of drug-likeness (QED) is 0.808. The summed E-state index contributed by atoms with van der Waals surface area (Å²) in [6.07, 6.45) is -2.69. The Hall–Kier alpha value is -2.25. The Kier molecular flexibility index (Phi) is 4.88. The monoisotopic (exact) mass is 398 g/mol. The van der Waals surface area contributed by atoms with Crippen LogP contribution in [0.1, 0.15) is 74.0 Å². The molecule has 0 spiro atoms. The maximum atomic E-state index is 13.5. The van der Waals surface area contributed by atoms with Crippen LogP contribution in [0.3, 0.4) is 0 Å². The summed E-state index contributed by atoms with van der Waals surface area (Å²) in [4.78, 5) is 26.3. The number of nitrogens with zero attached hydrogens (tertiary/aromatic N) is 1. The third-order valence-corrected chi connectivity index (χ3v) is 5.32. The summed E-state index contributed by atoms with van der Waals surface area (Å²) in [6, 6.07) is 2.49. The SMILES string of the molecule is CC(C)(C)OC(=O)N(Cc1cc2c(c(C(F)(F)F)c1)CNC2=O)C1(C)CCC1. The first-order chi connectivity index (χ1) is 12.8. The maximum Gasteiger partial charge on any atom is 0.416 e. The number of fused-ring (bicyclic) bond motifs is 1. The Morgan fingerprint density at radius 1 is 1.25 bits per heavy atom. The molecule has 1 aromatic carbocycles. The lowest BCUT2D eigenvalue weighted by molar-refractivity contribution is -0.138. The summed E-state index contributed by atoms with van der Waals surface area (Å²) in [5.41, 5.74) is -1.78. The topological polar surface area (TPSA) is 58.6 Å². The first-order valence-corrected chi connectivity index (χ1v) is 9.32. The van der Waals surface area contributed by atoms with E-state index in [9.17, 15) is 22.8 Å². The maximum absolute atomic E-state index is 13.5. The van der Waals surface area contributed by atoms with E-state index in [0.29, 0.717) is 0 Å². The minimum atomic E-state index is -4.58. The number of nitrogens with one attached hydrogen (secondary N) is 1. The summed E-state index contributed by atoms with van der Waals surface area (Å²) in [6.45, 7) is 6.95. The summed E-state index contributed by atoms with van der Waals surface area (Å²) >= 11 is 0. The van der Waals surface area contributed by atoms with E-state index >= 15 is 0 Å². The lowest BCUT2D eigenvalue weighted by Gasteiger charge is -2.47. The molecule has 5 nitrogen and oxygen atoms in total. The number of amides is 2. The number of rotatable bonds is 3. The lowest BCUT2D eigenvalue weighted by atomic mass is 9.77. The van der Waals surface area contributed by atoms with Crippen molar-refractivity contribution in [1.82, 2.24) is 10.2 Å². The first-order valence-electron chi connectivity index (χ1n) is 9.32. The van der Waals surface area contributed by atoms with Gasteiger partial charge in [-0.2, -0.15) is 13.2 Å². The number of alkyl halides is 3. The molecule has 0 bridgehead atoms. The van der Waals surface area contributed by atoms with Gasteiger partial charge >= 0.3 is 12.3 Å². The summed E-state index contributed by atoms with van der Waals surface area (Å²) in [5.74, 6) is -0.527. The number of halogens is 3. The number of carbonyl (C=O) groups excluding carboxylic acids is 2. The van der Waals surface area contributed by atoms with E-state index in [0.717, 1.165) is 25.3 Å². The minimum absolute atomic E-state index is 0.0210. The molecule has 1 aromatic rings. The van der Waals surface area contributed by atoms with Crippen LogP contribution in [0, 0.1) is 0 Å². The molecule has 0 unspecified atom stereocenters. The fourth-order valence-electron chi connectivity index (χ4n) is 3.67. The van der Waals surface area contributed by atoms with Crippen LogP contribution in [0.25, 0.3) is 0 Å². The van der Waals surface area contributed by atoms with Crippen LogP contribution in [-0.2, 0) is 24.0 Å². The minimum Gasteiger partial charge on any atom is -0.444 e. The van der Waals surface area contributed by atoms with Gasteiger partial charge in [0.2, 0.25) is 0 Å². The van der Waals surface area contributed by atoms with Crippen molar-refractivity contribution in [3.05, 3.63) is 34.4 Å². The molecule has 2 aliphatic rings. The van der Waals surface area contributed by atoms with Crippen molar-refractivity contribution >= 4 is 12.0 Å². The predicted octanol–water partition coefficient (Wildman–Crippen LogP) is 4.63. The van der Waals surface area contributed by atoms with Crippen molar-refractivity contribution in [2.75, 3.05) is 0 Å². The average molecular weight is 398 g/mol. The van der Waals surface area contributed by atoms with Gasteiger partial charge in [-0.05, 0) is 70.2 Å². The molecule has 2 amide bonds. The van der Waals surface area contributed by atoms with E-state index in [4.69, 9.17) is 4.74 Å². The first kappa shape index (κ1) is 20.5. The largest absolute Gasteiger partial charge is 0.444 e. The average Bonchev–Trinajstić information content (AvgIpc) is 2.88. The molecule has 154 valence electrons. The van der Waals surface area contributed by atoms with Crippen LogP contribution >= 0.6 is 0 Å². The van der Waals surface area contributed by atoms with Crippen LogP contribution in [0.5, 0.6) is 0 Å². The van der Waals surface area contributed by atoms with E-state index in [1.54, 1.807) is 20.8 Å². The van der Waals surface area contributed by atoms with Gasteiger partial charge in [0.25, 0.3) is 5.91 Å². The third kappa shape index (κ3) is 3.95. The van der Waals surface area contributed by atoms with E-state index in [1.165, 1.54) is 11.0 Å². The molecule has 0 radical (unpaired) electrons. The zero-order valence-electron chi connectivity index (χ0n) is 16.5. The van der Waals surface area contributed by atoms with Gasteiger partial charge < -0.3 is 10.1 Å². The van der Waals surface area contributed by atoms with Crippen molar-refractivity contribution < 1.29 is 27.5 Å². The summed E-state index contributed by atoms with van der Waals surface area (Å²) in [5, 5.41) is 2.44. The van der Waals surface area contributed by atoms with Gasteiger partial charge in [-0.25, -0.2) is 4.79 Å². The second kappa shape index (κ2) is 6.67. The van der Waals surface area contributed by atoms with Crippen molar-refractivity contribution in [1.29, 1.82) is 0 Å².